The third-order valence-electron chi connectivity index (χ3n) is 1.85. The number of hydrogen-bond donors (Lipinski definition) is 2. The molecule has 0 aliphatic heterocycles. The van der Waals surface area contributed by atoms with E-state index in [1.807, 2.05) is 12.1 Å². The minimum Gasteiger partial charge on any atom is -0.331 e. The lowest BCUT2D eigenvalue weighted by molar-refractivity contribution is 1.28. The van der Waals surface area contributed by atoms with Gasteiger partial charge in [0, 0.05) is 23.0 Å². The fourth-order valence-electron chi connectivity index (χ4n) is 1.14. The molecule has 0 spiro atoms. The van der Waals surface area contributed by atoms with Crippen LogP contribution in [0.3, 0.4) is 0 Å². The summed E-state index contributed by atoms with van der Waals surface area (Å²) in [6, 6.07) is 8.23. The maximum Gasteiger partial charge on any atom is 0.204 e. The van der Waals surface area contributed by atoms with Crippen LogP contribution in [0.25, 0.3) is 0 Å². The van der Waals surface area contributed by atoms with E-state index in [9.17, 15) is 0 Å². The first kappa shape index (κ1) is 9.15. The molecule has 3 nitrogen and oxygen atoms in total. The minimum absolute atomic E-state index is 0.766. The van der Waals surface area contributed by atoms with E-state index in [-0.39, 0.29) is 0 Å². The first-order chi connectivity index (χ1) is 6.88. The highest BCUT2D eigenvalue weighted by Crippen LogP contribution is 2.18. The number of anilines is 2. The van der Waals surface area contributed by atoms with Crippen LogP contribution in [0, 0.1) is 0 Å². The smallest absolute Gasteiger partial charge is 0.204 e. The van der Waals surface area contributed by atoms with Crippen LogP contribution < -0.4 is 5.32 Å². The topological polar surface area (TPSA) is 40.7 Å². The van der Waals surface area contributed by atoms with Crippen molar-refractivity contribution in [1.82, 2.24) is 9.97 Å². The Labute approximate surface area is 87.0 Å². The van der Waals surface area contributed by atoms with Crippen molar-refractivity contribution >= 4 is 23.4 Å². The van der Waals surface area contributed by atoms with Gasteiger partial charge in [-0.1, -0.05) is 0 Å². The quantitative estimate of drug-likeness (QED) is 0.757. The van der Waals surface area contributed by atoms with E-state index in [1.54, 1.807) is 24.2 Å². The Kier molecular flexibility index (Phi) is 2.74. The van der Waals surface area contributed by atoms with Gasteiger partial charge in [0.15, 0.2) is 0 Å². The van der Waals surface area contributed by atoms with Gasteiger partial charge >= 0.3 is 0 Å². The van der Waals surface area contributed by atoms with Crippen LogP contribution in [0.5, 0.6) is 0 Å². The molecular weight excluding hydrogens is 194 g/mol. The molecule has 1 heterocycles. The van der Waals surface area contributed by atoms with Gasteiger partial charge in [-0.05, 0) is 30.5 Å². The predicted molar refractivity (Wildman–Crippen MR) is 60.1 cm³/mol. The Morgan fingerprint density at radius 3 is 2.64 bits per heavy atom. The van der Waals surface area contributed by atoms with Crippen LogP contribution in [0.1, 0.15) is 0 Å². The zero-order valence-corrected chi connectivity index (χ0v) is 8.64. The largest absolute Gasteiger partial charge is 0.331 e. The third kappa shape index (κ3) is 2.09. The number of aromatic nitrogens is 2. The molecule has 2 rings (SSSR count). The second-order valence-corrected chi connectivity index (χ2v) is 3.67. The maximum absolute atomic E-state index is 4.08. The fourth-order valence-corrected chi connectivity index (χ4v) is 1.55. The lowest BCUT2D eigenvalue weighted by Crippen LogP contribution is -1.91. The van der Waals surface area contributed by atoms with Crippen molar-refractivity contribution in [3.63, 3.8) is 0 Å². The summed E-state index contributed by atoms with van der Waals surface area (Å²) < 4.78 is 0. The van der Waals surface area contributed by atoms with Gasteiger partial charge in [0.05, 0.1) is 0 Å². The van der Waals surface area contributed by atoms with E-state index in [0.29, 0.717) is 0 Å². The van der Waals surface area contributed by atoms with E-state index in [1.165, 1.54) is 4.90 Å². The van der Waals surface area contributed by atoms with E-state index in [4.69, 9.17) is 0 Å². The van der Waals surface area contributed by atoms with Crippen LogP contribution >= 0.6 is 11.8 Å². The van der Waals surface area contributed by atoms with Gasteiger partial charge in [0.25, 0.3) is 0 Å². The maximum atomic E-state index is 4.08. The third-order valence-corrected chi connectivity index (χ3v) is 2.59. The van der Waals surface area contributed by atoms with E-state index >= 15 is 0 Å². The molecule has 0 aliphatic carbocycles. The Morgan fingerprint density at radius 2 is 2.07 bits per heavy atom. The highest BCUT2D eigenvalue weighted by atomic mass is 32.2. The van der Waals surface area contributed by atoms with Crippen LogP contribution in [-0.2, 0) is 0 Å². The van der Waals surface area contributed by atoms with Crippen molar-refractivity contribution in [3.8, 4) is 0 Å². The zero-order valence-electron chi connectivity index (χ0n) is 7.82. The van der Waals surface area contributed by atoms with Crippen molar-refractivity contribution in [1.29, 1.82) is 0 Å². The molecule has 0 unspecified atom stereocenters. The lowest BCUT2D eigenvalue weighted by Gasteiger charge is -2.02. The summed E-state index contributed by atoms with van der Waals surface area (Å²) in [7, 11) is 0. The predicted octanol–water partition coefficient (Wildman–Crippen LogP) is 2.88. The Bertz CT molecular complexity index is 380. The van der Waals surface area contributed by atoms with Crippen LogP contribution in [0.2, 0.25) is 0 Å². The summed E-state index contributed by atoms with van der Waals surface area (Å²) in [5.74, 6) is 0.766. The van der Waals surface area contributed by atoms with Gasteiger partial charge in [-0.2, -0.15) is 0 Å². The molecule has 0 saturated heterocycles. The van der Waals surface area contributed by atoms with Crippen molar-refractivity contribution in [2.45, 2.75) is 4.90 Å². The van der Waals surface area contributed by atoms with Crippen molar-refractivity contribution in [2.75, 3.05) is 11.6 Å². The first-order valence-electron chi connectivity index (χ1n) is 4.29. The second-order valence-electron chi connectivity index (χ2n) is 2.79. The summed E-state index contributed by atoms with van der Waals surface area (Å²) in [4.78, 5) is 8.33. The summed E-state index contributed by atoms with van der Waals surface area (Å²) in [6.45, 7) is 0. The molecule has 0 bridgehead atoms. The molecular formula is C10H11N3S. The molecule has 1 aromatic heterocycles. The number of nitrogens with one attached hydrogen (secondary N) is 2. The lowest BCUT2D eigenvalue weighted by atomic mass is 10.3. The van der Waals surface area contributed by atoms with Crippen molar-refractivity contribution < 1.29 is 0 Å². The molecule has 0 amide bonds. The molecule has 0 atom stereocenters. The molecule has 0 fully saturated rings. The molecule has 0 aliphatic rings. The first-order valence-corrected chi connectivity index (χ1v) is 5.51. The molecule has 2 N–H and O–H groups in total. The van der Waals surface area contributed by atoms with Crippen LogP contribution in [0.15, 0.2) is 41.6 Å². The molecule has 72 valence electrons. The van der Waals surface area contributed by atoms with Gasteiger partial charge in [0.1, 0.15) is 0 Å². The summed E-state index contributed by atoms with van der Waals surface area (Å²) in [5.41, 5.74) is 1.04. The zero-order chi connectivity index (χ0) is 9.80. The van der Waals surface area contributed by atoms with E-state index in [0.717, 1.165) is 11.6 Å². The van der Waals surface area contributed by atoms with Gasteiger partial charge in [-0.3, -0.25) is 0 Å². The average molecular weight is 205 g/mol. The molecule has 4 heteroatoms. The summed E-state index contributed by atoms with van der Waals surface area (Å²) in [5, 5.41) is 3.16. The van der Waals surface area contributed by atoms with Gasteiger partial charge in [-0.25, -0.2) is 4.98 Å². The normalized spacial score (nSPS) is 10.1. The Morgan fingerprint density at radius 1 is 1.29 bits per heavy atom. The van der Waals surface area contributed by atoms with E-state index in [2.05, 4.69) is 33.7 Å². The fraction of sp³-hybridized carbons (Fsp3) is 0.100. The number of rotatable bonds is 3. The van der Waals surface area contributed by atoms with E-state index < -0.39 is 0 Å². The number of H-pyrrole nitrogens is 1. The summed E-state index contributed by atoms with van der Waals surface area (Å²) in [6.07, 6.45) is 5.58. The Balaban J connectivity index is 2.10. The molecule has 1 aromatic carbocycles. The van der Waals surface area contributed by atoms with Crippen molar-refractivity contribution in [2.24, 2.45) is 0 Å². The number of nitrogens with zero attached hydrogens (tertiary/aromatic N) is 1. The Hall–Kier alpha value is -1.42. The number of imidazole rings is 1. The monoisotopic (exact) mass is 205 g/mol. The van der Waals surface area contributed by atoms with Gasteiger partial charge < -0.3 is 10.3 Å². The highest BCUT2D eigenvalue weighted by Gasteiger charge is 1.95. The number of benzene rings is 1. The van der Waals surface area contributed by atoms with Crippen LogP contribution in [-0.4, -0.2) is 16.2 Å². The molecule has 0 saturated carbocycles. The average Bonchev–Trinajstić information content (AvgIpc) is 2.72. The molecule has 14 heavy (non-hydrogen) atoms. The van der Waals surface area contributed by atoms with Crippen LogP contribution in [0.4, 0.5) is 11.6 Å². The minimum atomic E-state index is 0.766. The molecule has 2 aromatic rings. The highest BCUT2D eigenvalue weighted by molar-refractivity contribution is 7.98. The SMILES string of the molecule is CSc1ccc(Nc2ncc[nH]2)cc1. The summed E-state index contributed by atoms with van der Waals surface area (Å²) >= 11 is 1.73. The van der Waals surface area contributed by atoms with Crippen molar-refractivity contribution in [3.05, 3.63) is 36.7 Å². The second kappa shape index (κ2) is 4.19. The van der Waals surface area contributed by atoms with Gasteiger partial charge in [0.2, 0.25) is 5.95 Å². The standard InChI is InChI=1S/C10H11N3S/c1-14-9-4-2-8(3-5-9)13-10-11-6-7-12-10/h2-7H,1H3,(H2,11,12,13). The van der Waals surface area contributed by atoms with Gasteiger partial charge in [-0.15, -0.1) is 11.8 Å². The molecule has 0 radical (unpaired) electrons. The number of hydrogen-bond acceptors (Lipinski definition) is 3. The number of thioether (sulfide) groups is 1. The number of aromatic amines is 1.